The summed E-state index contributed by atoms with van der Waals surface area (Å²) in [6, 6.07) is 6.57. The first-order valence-corrected chi connectivity index (χ1v) is 8.98. The van der Waals surface area contributed by atoms with Crippen molar-refractivity contribution in [3.63, 3.8) is 0 Å². The fourth-order valence-corrected chi connectivity index (χ4v) is 3.76. The number of aromatic nitrogens is 1. The molecule has 0 spiro atoms. The lowest BCUT2D eigenvalue weighted by molar-refractivity contribution is 0.0657. The summed E-state index contributed by atoms with van der Waals surface area (Å²) in [4.78, 5) is 20.2. The minimum absolute atomic E-state index is 0.156. The van der Waals surface area contributed by atoms with Gasteiger partial charge in [-0.2, -0.15) is 0 Å². The van der Waals surface area contributed by atoms with Crippen molar-refractivity contribution in [2.45, 2.75) is 45.6 Å². The van der Waals surface area contributed by atoms with E-state index in [1.807, 2.05) is 4.90 Å². The van der Waals surface area contributed by atoms with E-state index in [4.69, 9.17) is 4.98 Å². The standard InChI is InChI=1S/C20H25N3O/c1-12-8-13(2)19-16(9-12)17(10-18(22-19)15-4-5-15)20(24)23-7-6-21-11-14(23)3/h8-10,14-15,21H,4-7,11H2,1-3H3/t14-/m1/s1. The Morgan fingerprint density at radius 3 is 2.75 bits per heavy atom. The van der Waals surface area contributed by atoms with E-state index in [0.717, 1.165) is 47.4 Å². The predicted octanol–water partition coefficient (Wildman–Crippen LogP) is 3.16. The van der Waals surface area contributed by atoms with Crippen LogP contribution in [-0.2, 0) is 0 Å². The van der Waals surface area contributed by atoms with Crippen LogP contribution in [0.25, 0.3) is 10.9 Å². The molecule has 4 nitrogen and oxygen atoms in total. The maximum absolute atomic E-state index is 13.3. The van der Waals surface area contributed by atoms with Crippen LogP contribution in [0.15, 0.2) is 18.2 Å². The van der Waals surface area contributed by atoms with E-state index >= 15 is 0 Å². The summed E-state index contributed by atoms with van der Waals surface area (Å²) < 4.78 is 0. The molecule has 1 aliphatic carbocycles. The van der Waals surface area contributed by atoms with Crippen molar-refractivity contribution in [3.05, 3.63) is 40.6 Å². The van der Waals surface area contributed by atoms with Crippen LogP contribution in [0.3, 0.4) is 0 Å². The van der Waals surface area contributed by atoms with Crippen molar-refractivity contribution in [2.75, 3.05) is 19.6 Å². The SMILES string of the molecule is Cc1cc(C)c2nc(C3CC3)cc(C(=O)N3CCNC[C@H]3C)c2c1. The summed E-state index contributed by atoms with van der Waals surface area (Å²) in [6.45, 7) is 8.80. The van der Waals surface area contributed by atoms with Gasteiger partial charge >= 0.3 is 0 Å². The molecule has 4 heteroatoms. The molecule has 1 atom stereocenters. The molecule has 0 unspecified atom stereocenters. The van der Waals surface area contributed by atoms with Crippen LogP contribution in [0.1, 0.15) is 52.9 Å². The summed E-state index contributed by atoms with van der Waals surface area (Å²) >= 11 is 0. The Bertz CT molecular complexity index is 810. The summed E-state index contributed by atoms with van der Waals surface area (Å²) in [5, 5.41) is 4.37. The largest absolute Gasteiger partial charge is 0.333 e. The predicted molar refractivity (Wildman–Crippen MR) is 96.6 cm³/mol. The quantitative estimate of drug-likeness (QED) is 0.923. The number of carbonyl (C=O) groups excluding carboxylic acids is 1. The molecule has 1 aliphatic heterocycles. The fourth-order valence-electron chi connectivity index (χ4n) is 3.76. The van der Waals surface area contributed by atoms with Crippen LogP contribution in [0.4, 0.5) is 0 Å². The van der Waals surface area contributed by atoms with E-state index in [0.29, 0.717) is 5.92 Å². The number of pyridine rings is 1. The topological polar surface area (TPSA) is 45.2 Å². The molecule has 2 aliphatic rings. The number of nitrogens with one attached hydrogen (secondary N) is 1. The molecule has 0 radical (unpaired) electrons. The van der Waals surface area contributed by atoms with Crippen LogP contribution >= 0.6 is 0 Å². The van der Waals surface area contributed by atoms with Crippen molar-refractivity contribution in [3.8, 4) is 0 Å². The molecule has 2 heterocycles. The van der Waals surface area contributed by atoms with Crippen LogP contribution in [-0.4, -0.2) is 41.5 Å². The van der Waals surface area contributed by atoms with Gasteiger partial charge in [-0.05, 0) is 51.3 Å². The Morgan fingerprint density at radius 2 is 2.04 bits per heavy atom. The minimum Gasteiger partial charge on any atom is -0.333 e. The molecule has 2 aromatic rings. The maximum atomic E-state index is 13.3. The second-order valence-electron chi connectivity index (χ2n) is 7.40. The molecule has 1 aromatic heterocycles. The molecule has 4 rings (SSSR count). The summed E-state index contributed by atoms with van der Waals surface area (Å²) in [5.74, 6) is 0.699. The minimum atomic E-state index is 0.156. The van der Waals surface area contributed by atoms with Gasteiger partial charge < -0.3 is 10.2 Å². The number of nitrogens with zero attached hydrogens (tertiary/aromatic N) is 2. The van der Waals surface area contributed by atoms with Crippen molar-refractivity contribution in [1.29, 1.82) is 0 Å². The molecular weight excluding hydrogens is 298 g/mol. The summed E-state index contributed by atoms with van der Waals surface area (Å²) in [6.07, 6.45) is 2.39. The van der Waals surface area contributed by atoms with Gasteiger partial charge in [0, 0.05) is 42.7 Å². The van der Waals surface area contributed by atoms with Gasteiger partial charge in [-0.25, -0.2) is 0 Å². The Hall–Kier alpha value is -1.94. The van der Waals surface area contributed by atoms with Gasteiger partial charge in [-0.3, -0.25) is 9.78 Å². The highest BCUT2D eigenvalue weighted by atomic mass is 16.2. The first-order valence-electron chi connectivity index (χ1n) is 8.98. The van der Waals surface area contributed by atoms with E-state index in [2.05, 4.69) is 44.3 Å². The summed E-state index contributed by atoms with van der Waals surface area (Å²) in [7, 11) is 0. The van der Waals surface area contributed by atoms with Crippen molar-refractivity contribution in [2.24, 2.45) is 0 Å². The van der Waals surface area contributed by atoms with Gasteiger partial charge in [0.05, 0.1) is 11.1 Å². The fraction of sp³-hybridized carbons (Fsp3) is 0.500. The third-order valence-corrected chi connectivity index (χ3v) is 5.26. The van der Waals surface area contributed by atoms with E-state index in [1.54, 1.807) is 0 Å². The number of fused-ring (bicyclic) bond motifs is 1. The number of rotatable bonds is 2. The number of aryl methyl sites for hydroxylation is 2. The molecule has 24 heavy (non-hydrogen) atoms. The van der Waals surface area contributed by atoms with Gasteiger partial charge in [0.1, 0.15) is 0 Å². The summed E-state index contributed by atoms with van der Waals surface area (Å²) in [5.41, 5.74) is 5.28. The normalized spacial score (nSPS) is 21.3. The van der Waals surface area contributed by atoms with Gasteiger partial charge in [-0.15, -0.1) is 0 Å². The number of benzene rings is 1. The van der Waals surface area contributed by atoms with Gasteiger partial charge in [0.2, 0.25) is 0 Å². The number of piperazine rings is 1. The Kier molecular flexibility index (Phi) is 3.80. The molecule has 2 fully saturated rings. The highest BCUT2D eigenvalue weighted by Gasteiger charge is 2.30. The van der Waals surface area contributed by atoms with E-state index in [1.165, 1.54) is 18.4 Å². The molecule has 1 aromatic carbocycles. The lowest BCUT2D eigenvalue weighted by Gasteiger charge is -2.34. The molecule has 1 saturated carbocycles. The Labute approximate surface area is 143 Å². The average molecular weight is 323 g/mol. The van der Waals surface area contributed by atoms with Crippen LogP contribution in [0.2, 0.25) is 0 Å². The third kappa shape index (κ3) is 2.69. The zero-order valence-corrected chi connectivity index (χ0v) is 14.7. The van der Waals surface area contributed by atoms with Gasteiger partial charge in [-0.1, -0.05) is 11.6 Å². The molecule has 0 bridgehead atoms. The van der Waals surface area contributed by atoms with Crippen molar-refractivity contribution in [1.82, 2.24) is 15.2 Å². The second-order valence-corrected chi connectivity index (χ2v) is 7.40. The lowest BCUT2D eigenvalue weighted by atomic mass is 9.99. The van der Waals surface area contributed by atoms with Gasteiger partial charge in [0.25, 0.3) is 5.91 Å². The highest BCUT2D eigenvalue weighted by Crippen LogP contribution is 2.40. The number of amides is 1. The van der Waals surface area contributed by atoms with Crippen LogP contribution in [0.5, 0.6) is 0 Å². The van der Waals surface area contributed by atoms with E-state index < -0.39 is 0 Å². The van der Waals surface area contributed by atoms with Crippen LogP contribution in [0, 0.1) is 13.8 Å². The Morgan fingerprint density at radius 1 is 1.25 bits per heavy atom. The van der Waals surface area contributed by atoms with Crippen molar-refractivity contribution >= 4 is 16.8 Å². The van der Waals surface area contributed by atoms with E-state index in [9.17, 15) is 4.79 Å². The molecular formula is C20H25N3O. The zero-order chi connectivity index (χ0) is 16.8. The second kappa shape index (κ2) is 5.85. The first kappa shape index (κ1) is 15.6. The molecule has 1 N–H and O–H groups in total. The molecule has 1 saturated heterocycles. The number of carbonyl (C=O) groups is 1. The molecule has 126 valence electrons. The zero-order valence-electron chi connectivity index (χ0n) is 14.7. The lowest BCUT2D eigenvalue weighted by Crippen LogP contribution is -2.52. The number of hydrogen-bond donors (Lipinski definition) is 1. The van der Waals surface area contributed by atoms with Crippen LogP contribution < -0.4 is 5.32 Å². The third-order valence-electron chi connectivity index (χ3n) is 5.26. The maximum Gasteiger partial charge on any atom is 0.254 e. The monoisotopic (exact) mass is 323 g/mol. The highest BCUT2D eigenvalue weighted by molar-refractivity contribution is 6.07. The average Bonchev–Trinajstić information content (AvgIpc) is 3.39. The van der Waals surface area contributed by atoms with Gasteiger partial charge in [0.15, 0.2) is 0 Å². The van der Waals surface area contributed by atoms with Crippen molar-refractivity contribution < 1.29 is 4.79 Å². The Balaban J connectivity index is 1.87. The molecule has 1 amide bonds. The first-order chi connectivity index (χ1) is 11.5. The van der Waals surface area contributed by atoms with E-state index in [-0.39, 0.29) is 11.9 Å². The number of hydrogen-bond acceptors (Lipinski definition) is 3. The smallest absolute Gasteiger partial charge is 0.254 e.